The van der Waals surface area contributed by atoms with E-state index in [-0.39, 0.29) is 5.91 Å². The van der Waals surface area contributed by atoms with Crippen molar-refractivity contribution < 1.29 is 4.79 Å². The normalized spacial score (nSPS) is 19.7. The first-order chi connectivity index (χ1) is 11.0. The average Bonchev–Trinajstić information content (AvgIpc) is 3.17. The summed E-state index contributed by atoms with van der Waals surface area (Å²) >= 11 is 3.55. The van der Waals surface area contributed by atoms with Crippen LogP contribution in [0.2, 0.25) is 0 Å². The van der Waals surface area contributed by atoms with Crippen molar-refractivity contribution in [3.63, 3.8) is 0 Å². The van der Waals surface area contributed by atoms with E-state index in [2.05, 4.69) is 51.4 Å². The molecule has 1 saturated carbocycles. The minimum atomic E-state index is 0.201. The van der Waals surface area contributed by atoms with Crippen LogP contribution >= 0.6 is 15.9 Å². The second-order valence-corrected chi connectivity index (χ2v) is 8.41. The lowest BCUT2D eigenvalue weighted by molar-refractivity contribution is 0.0680. The number of rotatable bonds is 2. The Balaban J connectivity index is 1.69. The van der Waals surface area contributed by atoms with Gasteiger partial charge in [0, 0.05) is 35.2 Å². The Labute approximate surface area is 145 Å². The molecule has 2 fully saturated rings. The van der Waals surface area contributed by atoms with E-state index >= 15 is 0 Å². The van der Waals surface area contributed by atoms with Gasteiger partial charge in [-0.3, -0.25) is 4.79 Å². The van der Waals surface area contributed by atoms with Crippen LogP contribution in [-0.2, 0) is 0 Å². The molecule has 3 nitrogen and oxygen atoms in total. The Morgan fingerprint density at radius 2 is 1.87 bits per heavy atom. The van der Waals surface area contributed by atoms with E-state index in [0.29, 0.717) is 11.5 Å². The number of hydrogen-bond donors (Lipinski definition) is 0. The molecule has 4 heteroatoms. The van der Waals surface area contributed by atoms with Crippen molar-refractivity contribution in [2.24, 2.45) is 5.41 Å². The molecule has 2 heterocycles. The number of aromatic nitrogens is 1. The van der Waals surface area contributed by atoms with Crippen molar-refractivity contribution in [3.8, 4) is 0 Å². The molecule has 2 aromatic rings. The lowest BCUT2D eigenvalue weighted by atomic mass is 9.93. The topological polar surface area (TPSA) is 25.2 Å². The monoisotopic (exact) mass is 374 g/mol. The fourth-order valence-corrected chi connectivity index (χ4v) is 4.20. The van der Waals surface area contributed by atoms with Gasteiger partial charge in [-0.1, -0.05) is 22.0 Å². The summed E-state index contributed by atoms with van der Waals surface area (Å²) in [5.41, 5.74) is 2.59. The van der Waals surface area contributed by atoms with E-state index in [1.807, 2.05) is 12.3 Å². The van der Waals surface area contributed by atoms with Gasteiger partial charge >= 0.3 is 0 Å². The maximum atomic E-state index is 13.1. The number of nitrogens with zero attached hydrogens (tertiary/aromatic N) is 2. The van der Waals surface area contributed by atoms with Crippen molar-refractivity contribution in [1.29, 1.82) is 0 Å². The molecule has 2 aliphatic rings. The molecule has 23 heavy (non-hydrogen) atoms. The highest BCUT2D eigenvalue weighted by atomic mass is 79.9. The van der Waals surface area contributed by atoms with Crippen molar-refractivity contribution in [1.82, 2.24) is 9.47 Å². The van der Waals surface area contributed by atoms with Crippen LogP contribution in [0.3, 0.4) is 0 Å². The molecule has 1 aliphatic heterocycles. The molecule has 1 aliphatic carbocycles. The van der Waals surface area contributed by atoms with Crippen molar-refractivity contribution in [2.45, 2.75) is 45.6 Å². The molecule has 1 amide bonds. The summed E-state index contributed by atoms with van der Waals surface area (Å²) in [6.45, 7) is 6.16. The minimum absolute atomic E-state index is 0.201. The number of hydrogen-bond acceptors (Lipinski definition) is 1. The molecular weight excluding hydrogens is 352 g/mol. The van der Waals surface area contributed by atoms with Gasteiger partial charge in [0.15, 0.2) is 0 Å². The Bertz CT molecular complexity index is 763. The summed E-state index contributed by atoms with van der Waals surface area (Å²) in [4.78, 5) is 15.1. The molecule has 0 atom stereocenters. The summed E-state index contributed by atoms with van der Waals surface area (Å²) in [5.74, 6) is 0.201. The molecule has 122 valence electrons. The van der Waals surface area contributed by atoms with Gasteiger partial charge in [-0.25, -0.2) is 0 Å². The highest BCUT2D eigenvalue weighted by Crippen LogP contribution is 2.53. The summed E-state index contributed by atoms with van der Waals surface area (Å²) in [5, 5.41) is 1.07. The molecule has 0 N–H and O–H groups in total. The van der Waals surface area contributed by atoms with Crippen molar-refractivity contribution in [2.75, 3.05) is 13.1 Å². The summed E-state index contributed by atoms with van der Waals surface area (Å²) in [6.07, 6.45) is 7.16. The van der Waals surface area contributed by atoms with Crippen LogP contribution in [0.1, 0.15) is 55.9 Å². The quantitative estimate of drug-likeness (QED) is 0.725. The van der Waals surface area contributed by atoms with Gasteiger partial charge in [-0.05, 0) is 57.1 Å². The van der Waals surface area contributed by atoms with Gasteiger partial charge in [-0.2, -0.15) is 0 Å². The smallest absolute Gasteiger partial charge is 0.256 e. The van der Waals surface area contributed by atoms with Crippen LogP contribution < -0.4 is 0 Å². The van der Waals surface area contributed by atoms with E-state index in [9.17, 15) is 4.79 Å². The van der Waals surface area contributed by atoms with Crippen LogP contribution in [0.25, 0.3) is 10.9 Å². The SMILES string of the molecule is CC(C)n1cc(C(=O)N2CCC3(CC2)CC3)c2ccc(Br)cc21. The number of benzene rings is 1. The zero-order valence-corrected chi connectivity index (χ0v) is 15.4. The molecule has 0 radical (unpaired) electrons. The van der Waals surface area contributed by atoms with E-state index in [1.165, 1.54) is 25.7 Å². The number of carbonyl (C=O) groups excluding carboxylic acids is 1. The predicted octanol–water partition coefficient (Wildman–Crippen LogP) is 5.00. The van der Waals surface area contributed by atoms with E-state index < -0.39 is 0 Å². The van der Waals surface area contributed by atoms with E-state index in [0.717, 1.165) is 34.0 Å². The Morgan fingerprint density at radius 1 is 1.17 bits per heavy atom. The zero-order chi connectivity index (χ0) is 16.2. The van der Waals surface area contributed by atoms with E-state index in [1.54, 1.807) is 0 Å². The van der Waals surface area contributed by atoms with Crippen LogP contribution in [0.15, 0.2) is 28.9 Å². The Kier molecular flexibility index (Phi) is 3.56. The Hall–Kier alpha value is -1.29. The predicted molar refractivity (Wildman–Crippen MR) is 96.8 cm³/mol. The first-order valence-electron chi connectivity index (χ1n) is 8.58. The van der Waals surface area contributed by atoms with Gasteiger partial charge in [0.05, 0.1) is 11.1 Å². The number of likely N-dealkylation sites (tertiary alicyclic amines) is 1. The molecule has 1 saturated heterocycles. The number of carbonyl (C=O) groups is 1. The van der Waals surface area contributed by atoms with Gasteiger partial charge in [0.25, 0.3) is 5.91 Å². The minimum Gasteiger partial charge on any atom is -0.344 e. The molecule has 0 bridgehead atoms. The maximum Gasteiger partial charge on any atom is 0.256 e. The zero-order valence-electron chi connectivity index (χ0n) is 13.8. The lowest BCUT2D eigenvalue weighted by Crippen LogP contribution is -2.39. The maximum absolute atomic E-state index is 13.1. The first kappa shape index (κ1) is 15.3. The van der Waals surface area contributed by atoms with Gasteiger partial charge in [0.2, 0.25) is 0 Å². The largest absolute Gasteiger partial charge is 0.344 e. The lowest BCUT2D eigenvalue weighted by Gasteiger charge is -2.32. The van der Waals surface area contributed by atoms with Gasteiger partial charge < -0.3 is 9.47 Å². The molecule has 0 unspecified atom stereocenters. The van der Waals surface area contributed by atoms with Crippen molar-refractivity contribution >= 4 is 32.7 Å². The number of fused-ring (bicyclic) bond motifs is 1. The summed E-state index contributed by atoms with van der Waals surface area (Å²) in [7, 11) is 0. The molecular formula is C19H23BrN2O. The second-order valence-electron chi connectivity index (χ2n) is 7.50. The fourth-order valence-electron chi connectivity index (χ4n) is 3.85. The van der Waals surface area contributed by atoms with Crippen LogP contribution in [0.4, 0.5) is 0 Å². The summed E-state index contributed by atoms with van der Waals surface area (Å²) < 4.78 is 3.26. The van der Waals surface area contributed by atoms with Crippen LogP contribution in [-0.4, -0.2) is 28.5 Å². The second kappa shape index (κ2) is 5.37. The molecule has 1 aromatic heterocycles. The number of piperidine rings is 1. The van der Waals surface area contributed by atoms with Gasteiger partial charge in [0.1, 0.15) is 0 Å². The number of halogens is 1. The van der Waals surface area contributed by atoms with Gasteiger partial charge in [-0.15, -0.1) is 0 Å². The highest BCUT2D eigenvalue weighted by Gasteiger charge is 2.45. The fraction of sp³-hybridized carbons (Fsp3) is 0.526. The van der Waals surface area contributed by atoms with Crippen LogP contribution in [0.5, 0.6) is 0 Å². The van der Waals surface area contributed by atoms with Crippen molar-refractivity contribution in [3.05, 3.63) is 34.4 Å². The first-order valence-corrected chi connectivity index (χ1v) is 9.38. The Morgan fingerprint density at radius 3 is 2.48 bits per heavy atom. The molecule has 4 rings (SSSR count). The molecule has 1 aromatic carbocycles. The van der Waals surface area contributed by atoms with E-state index in [4.69, 9.17) is 0 Å². The third kappa shape index (κ3) is 2.61. The average molecular weight is 375 g/mol. The van der Waals surface area contributed by atoms with Crippen LogP contribution in [0, 0.1) is 5.41 Å². The standard InChI is InChI=1S/C19H23BrN2O/c1-13(2)22-12-16(15-4-3-14(20)11-17(15)22)18(23)21-9-7-19(5-6-19)8-10-21/h3-4,11-13H,5-10H2,1-2H3. The molecule has 1 spiro atoms. The third-order valence-electron chi connectivity index (χ3n) is 5.65. The summed E-state index contributed by atoms with van der Waals surface area (Å²) in [6, 6.07) is 6.54. The highest BCUT2D eigenvalue weighted by molar-refractivity contribution is 9.10. The number of amides is 1. The third-order valence-corrected chi connectivity index (χ3v) is 6.14.